The summed E-state index contributed by atoms with van der Waals surface area (Å²) >= 11 is 0. The Morgan fingerprint density at radius 1 is 1.06 bits per heavy atom. The number of nitrogens with one attached hydrogen (secondary N) is 2. The molecule has 4 aliphatic rings. The van der Waals surface area contributed by atoms with Crippen LogP contribution in [0.2, 0.25) is 0 Å². The van der Waals surface area contributed by atoms with Gasteiger partial charge in [-0.3, -0.25) is 15.2 Å². The second-order valence-corrected chi connectivity index (χ2v) is 10.9. The summed E-state index contributed by atoms with van der Waals surface area (Å²) in [6.45, 7) is 13.4. The number of rotatable bonds is 4. The van der Waals surface area contributed by atoms with Gasteiger partial charge in [-0.1, -0.05) is 0 Å². The quantitative estimate of drug-likeness (QED) is 0.631. The zero-order valence-electron chi connectivity index (χ0n) is 21.5. The first-order valence-corrected chi connectivity index (χ1v) is 12.9. The summed E-state index contributed by atoms with van der Waals surface area (Å²) in [7, 11) is 1.43. The zero-order chi connectivity index (χ0) is 24.6. The third kappa shape index (κ3) is 5.15. The molecular weight excluding hydrogens is 438 g/mol. The summed E-state index contributed by atoms with van der Waals surface area (Å²) in [5.74, 6) is 1.43. The Morgan fingerprint density at radius 2 is 1.82 bits per heavy atom. The van der Waals surface area contributed by atoms with Gasteiger partial charge in [0.1, 0.15) is 0 Å². The van der Waals surface area contributed by atoms with Crippen LogP contribution in [0.4, 0.5) is 9.59 Å². The van der Waals surface area contributed by atoms with E-state index >= 15 is 0 Å². The first kappa shape index (κ1) is 25.5. The molecule has 7 unspecified atom stereocenters. The van der Waals surface area contributed by atoms with Crippen molar-refractivity contribution < 1.29 is 23.9 Å². The highest BCUT2D eigenvalue weighted by molar-refractivity contribution is 5.72. The van der Waals surface area contributed by atoms with Gasteiger partial charge in [0.25, 0.3) is 0 Å². The first-order chi connectivity index (χ1) is 16.2. The van der Waals surface area contributed by atoms with E-state index in [1.54, 1.807) is 0 Å². The zero-order valence-corrected chi connectivity index (χ0v) is 21.5. The molecule has 0 bridgehead atoms. The second-order valence-electron chi connectivity index (χ2n) is 10.9. The number of ether oxygens (including phenoxy) is 2. The lowest BCUT2D eigenvalue weighted by atomic mass is 9.73. The average molecular weight is 482 g/mol. The SMILES string of the molecule is COC(=O)N1C2CCC(C3CNN(CC4C(C)NOC4C)C3)CC2N(C(=O)OC(C)C)C[C@@H]1C. The van der Waals surface area contributed by atoms with Crippen LogP contribution in [0.3, 0.4) is 0 Å². The van der Waals surface area contributed by atoms with Crippen molar-refractivity contribution in [3.63, 3.8) is 0 Å². The molecule has 8 atom stereocenters. The van der Waals surface area contributed by atoms with Crippen LogP contribution in [0.15, 0.2) is 0 Å². The maximum absolute atomic E-state index is 13.0. The largest absolute Gasteiger partial charge is 0.453 e. The van der Waals surface area contributed by atoms with Crippen molar-refractivity contribution in [1.82, 2.24) is 25.7 Å². The van der Waals surface area contributed by atoms with Gasteiger partial charge in [0.15, 0.2) is 0 Å². The van der Waals surface area contributed by atoms with Gasteiger partial charge < -0.3 is 14.4 Å². The molecule has 3 saturated heterocycles. The fraction of sp³-hybridized carbons (Fsp3) is 0.917. The van der Waals surface area contributed by atoms with E-state index in [-0.39, 0.29) is 42.5 Å². The van der Waals surface area contributed by atoms with Crippen molar-refractivity contribution in [1.29, 1.82) is 0 Å². The molecule has 0 aromatic heterocycles. The molecule has 3 aliphatic heterocycles. The second kappa shape index (κ2) is 10.6. The summed E-state index contributed by atoms with van der Waals surface area (Å²) in [4.78, 5) is 35.0. The third-order valence-electron chi connectivity index (χ3n) is 8.29. The van der Waals surface area contributed by atoms with E-state index in [1.807, 2.05) is 30.6 Å². The molecule has 4 fully saturated rings. The minimum atomic E-state index is -0.304. The number of fused-ring (bicyclic) bond motifs is 1. The molecule has 4 rings (SSSR count). The number of nitrogens with zero attached hydrogens (tertiary/aromatic N) is 3. The van der Waals surface area contributed by atoms with Gasteiger partial charge in [-0.15, -0.1) is 0 Å². The molecular formula is C24H43N5O5. The van der Waals surface area contributed by atoms with Gasteiger partial charge in [0, 0.05) is 38.1 Å². The summed E-state index contributed by atoms with van der Waals surface area (Å²) in [5.41, 5.74) is 6.71. The maximum atomic E-state index is 13.0. The Balaban J connectivity index is 1.44. The molecule has 1 saturated carbocycles. The third-order valence-corrected chi connectivity index (χ3v) is 8.29. The normalized spacial score (nSPS) is 38.8. The van der Waals surface area contributed by atoms with Crippen LogP contribution in [0, 0.1) is 17.8 Å². The molecule has 0 aromatic rings. The van der Waals surface area contributed by atoms with E-state index in [0.717, 1.165) is 38.9 Å². The van der Waals surface area contributed by atoms with E-state index in [0.29, 0.717) is 30.3 Å². The number of hydroxylamine groups is 1. The van der Waals surface area contributed by atoms with Crippen molar-refractivity contribution in [2.75, 3.05) is 33.3 Å². The van der Waals surface area contributed by atoms with Crippen molar-refractivity contribution in [2.45, 2.75) is 90.3 Å². The standard InChI is InChI=1S/C24H43N5O5/c1-14(2)33-23(30)28-11-15(3)29(24(31)32-6)21-8-7-18(9-22(21)28)19-10-25-27(12-19)13-20-16(4)26-34-17(20)5/h14-22,25-26H,7-13H2,1-6H3/t15-,16?,17?,18?,19?,20?,21?,22?/m0/s1. The van der Waals surface area contributed by atoms with Crippen LogP contribution in [0.5, 0.6) is 0 Å². The Labute approximate surface area is 203 Å². The molecule has 34 heavy (non-hydrogen) atoms. The predicted octanol–water partition coefficient (Wildman–Crippen LogP) is 2.21. The van der Waals surface area contributed by atoms with Crippen LogP contribution in [0.1, 0.15) is 53.9 Å². The number of hydrazine groups is 1. The van der Waals surface area contributed by atoms with Crippen LogP contribution in [0.25, 0.3) is 0 Å². The highest BCUT2D eigenvalue weighted by atomic mass is 16.7. The van der Waals surface area contributed by atoms with Crippen LogP contribution in [-0.4, -0.2) is 96.7 Å². The lowest BCUT2D eigenvalue weighted by Gasteiger charge is -2.53. The number of hydrogen-bond acceptors (Lipinski definition) is 8. The minimum Gasteiger partial charge on any atom is -0.453 e. The average Bonchev–Trinajstić information content (AvgIpc) is 3.39. The molecule has 0 aromatic carbocycles. The van der Waals surface area contributed by atoms with Gasteiger partial charge in [-0.25, -0.2) is 14.6 Å². The van der Waals surface area contributed by atoms with Gasteiger partial charge >= 0.3 is 12.2 Å². The molecule has 1 aliphatic carbocycles. The summed E-state index contributed by atoms with van der Waals surface area (Å²) in [6.07, 6.45) is 2.22. The first-order valence-electron chi connectivity index (χ1n) is 12.9. The fourth-order valence-electron chi connectivity index (χ4n) is 6.46. The fourth-order valence-corrected chi connectivity index (χ4v) is 6.46. The molecule has 10 nitrogen and oxygen atoms in total. The van der Waals surface area contributed by atoms with E-state index in [1.165, 1.54) is 7.11 Å². The Kier molecular flexibility index (Phi) is 7.91. The summed E-state index contributed by atoms with van der Waals surface area (Å²) in [6, 6.07) is 0.128. The number of carbonyl (C=O) groups is 2. The lowest BCUT2D eigenvalue weighted by molar-refractivity contribution is -0.0444. The Hall–Kier alpha value is -1.62. The van der Waals surface area contributed by atoms with Crippen LogP contribution < -0.4 is 10.9 Å². The maximum Gasteiger partial charge on any atom is 0.410 e. The number of piperazine rings is 1. The molecule has 3 heterocycles. The van der Waals surface area contributed by atoms with Crippen molar-refractivity contribution >= 4 is 12.2 Å². The Morgan fingerprint density at radius 3 is 2.47 bits per heavy atom. The molecule has 0 spiro atoms. The monoisotopic (exact) mass is 481 g/mol. The highest BCUT2D eigenvalue weighted by Crippen LogP contribution is 2.40. The number of carbonyl (C=O) groups excluding carboxylic acids is 2. The topological polar surface area (TPSA) is 95.6 Å². The van der Waals surface area contributed by atoms with Gasteiger partial charge in [0.05, 0.1) is 37.4 Å². The molecule has 2 N–H and O–H groups in total. The van der Waals surface area contributed by atoms with E-state index in [4.69, 9.17) is 14.3 Å². The van der Waals surface area contributed by atoms with Gasteiger partial charge in [0.2, 0.25) is 0 Å². The Bertz CT molecular complexity index is 729. The molecule has 194 valence electrons. The van der Waals surface area contributed by atoms with E-state index < -0.39 is 0 Å². The summed E-state index contributed by atoms with van der Waals surface area (Å²) < 4.78 is 10.7. The van der Waals surface area contributed by atoms with Gasteiger partial charge in [-0.05, 0) is 65.7 Å². The van der Waals surface area contributed by atoms with Crippen molar-refractivity contribution in [3.8, 4) is 0 Å². The van der Waals surface area contributed by atoms with Gasteiger partial charge in [-0.2, -0.15) is 5.48 Å². The van der Waals surface area contributed by atoms with Crippen molar-refractivity contribution in [2.24, 2.45) is 17.8 Å². The summed E-state index contributed by atoms with van der Waals surface area (Å²) in [5, 5.41) is 2.35. The van der Waals surface area contributed by atoms with E-state index in [2.05, 4.69) is 29.8 Å². The highest BCUT2D eigenvalue weighted by Gasteiger charge is 2.49. The number of amides is 2. The number of hydrogen-bond donors (Lipinski definition) is 2. The van der Waals surface area contributed by atoms with Crippen molar-refractivity contribution in [3.05, 3.63) is 0 Å². The van der Waals surface area contributed by atoms with Crippen LogP contribution in [-0.2, 0) is 14.3 Å². The van der Waals surface area contributed by atoms with E-state index in [9.17, 15) is 9.59 Å². The predicted molar refractivity (Wildman–Crippen MR) is 127 cm³/mol. The minimum absolute atomic E-state index is 0.0407. The molecule has 10 heteroatoms. The lowest BCUT2D eigenvalue weighted by Crippen LogP contribution is -2.67. The molecule has 2 amide bonds. The molecule has 0 radical (unpaired) electrons. The number of methoxy groups -OCH3 is 1. The smallest absolute Gasteiger partial charge is 0.410 e. The van der Waals surface area contributed by atoms with Crippen LogP contribution >= 0.6 is 0 Å².